The van der Waals surface area contributed by atoms with E-state index < -0.39 is 0 Å². The first-order chi connectivity index (χ1) is 8.15. The highest BCUT2D eigenvalue weighted by molar-refractivity contribution is 9.09. The van der Waals surface area contributed by atoms with Crippen molar-refractivity contribution >= 4 is 15.9 Å². The molecule has 1 aliphatic rings. The standard InChI is InChI=1S/C14H28BrNO/c1-4-6-14(11-15,7-5-2)12-16-8-9-17-13(3)10-16/h13H,4-12H2,1-3H3. The summed E-state index contributed by atoms with van der Waals surface area (Å²) < 4.78 is 5.62. The van der Waals surface area contributed by atoms with Crippen molar-refractivity contribution in [3.63, 3.8) is 0 Å². The Balaban J connectivity index is 2.57. The van der Waals surface area contributed by atoms with E-state index in [0.29, 0.717) is 11.5 Å². The topological polar surface area (TPSA) is 12.5 Å². The number of hydrogen-bond acceptors (Lipinski definition) is 2. The number of morpholine rings is 1. The van der Waals surface area contributed by atoms with Crippen LogP contribution in [-0.2, 0) is 4.74 Å². The molecule has 0 bridgehead atoms. The van der Waals surface area contributed by atoms with Crippen LogP contribution in [-0.4, -0.2) is 42.6 Å². The molecule has 2 nitrogen and oxygen atoms in total. The predicted octanol–water partition coefficient (Wildman–Crippen LogP) is 3.69. The van der Waals surface area contributed by atoms with Gasteiger partial charge in [-0.15, -0.1) is 0 Å². The van der Waals surface area contributed by atoms with Crippen LogP contribution in [0.5, 0.6) is 0 Å². The molecule has 1 unspecified atom stereocenters. The first-order valence-corrected chi connectivity index (χ1v) is 8.18. The smallest absolute Gasteiger partial charge is 0.0674 e. The zero-order valence-corrected chi connectivity index (χ0v) is 13.3. The monoisotopic (exact) mass is 305 g/mol. The van der Waals surface area contributed by atoms with Crippen LogP contribution in [0.25, 0.3) is 0 Å². The minimum atomic E-state index is 0.403. The normalized spacial score (nSPS) is 22.9. The Kier molecular flexibility index (Phi) is 7.05. The maximum absolute atomic E-state index is 5.62. The van der Waals surface area contributed by atoms with Crippen molar-refractivity contribution in [1.82, 2.24) is 4.90 Å². The largest absolute Gasteiger partial charge is 0.376 e. The summed E-state index contributed by atoms with van der Waals surface area (Å²) in [6, 6.07) is 0. The van der Waals surface area contributed by atoms with Gasteiger partial charge in [-0.2, -0.15) is 0 Å². The van der Waals surface area contributed by atoms with E-state index in [1.807, 2.05) is 0 Å². The molecular formula is C14H28BrNO. The van der Waals surface area contributed by atoms with Crippen LogP contribution in [0.1, 0.15) is 46.5 Å². The van der Waals surface area contributed by atoms with Gasteiger partial charge in [0, 0.05) is 25.0 Å². The zero-order chi connectivity index (χ0) is 12.7. The molecule has 1 heterocycles. The molecule has 1 aliphatic heterocycles. The molecule has 3 heteroatoms. The van der Waals surface area contributed by atoms with Crippen LogP contribution in [0.2, 0.25) is 0 Å². The quantitative estimate of drug-likeness (QED) is 0.665. The van der Waals surface area contributed by atoms with Crippen molar-refractivity contribution in [2.75, 3.05) is 31.6 Å². The van der Waals surface area contributed by atoms with Gasteiger partial charge in [0.15, 0.2) is 0 Å². The van der Waals surface area contributed by atoms with E-state index in [1.54, 1.807) is 0 Å². The molecule has 1 fully saturated rings. The van der Waals surface area contributed by atoms with Gasteiger partial charge >= 0.3 is 0 Å². The second-order valence-electron chi connectivity index (χ2n) is 5.55. The van der Waals surface area contributed by atoms with Gasteiger partial charge in [0.1, 0.15) is 0 Å². The van der Waals surface area contributed by atoms with E-state index in [2.05, 4.69) is 41.6 Å². The van der Waals surface area contributed by atoms with E-state index in [0.717, 1.165) is 25.0 Å². The van der Waals surface area contributed by atoms with Crippen molar-refractivity contribution in [3.05, 3.63) is 0 Å². The predicted molar refractivity (Wildman–Crippen MR) is 77.9 cm³/mol. The van der Waals surface area contributed by atoms with E-state index in [9.17, 15) is 0 Å². The minimum absolute atomic E-state index is 0.403. The molecule has 1 atom stereocenters. The SMILES string of the molecule is CCCC(CBr)(CCC)CN1CCOC(C)C1. The number of rotatable bonds is 7. The summed E-state index contributed by atoms with van der Waals surface area (Å²) in [7, 11) is 0. The Hall–Kier alpha value is 0.400. The summed E-state index contributed by atoms with van der Waals surface area (Å²) in [6.45, 7) is 11.1. The fraction of sp³-hybridized carbons (Fsp3) is 1.00. The molecule has 0 aromatic heterocycles. The molecule has 102 valence electrons. The molecule has 0 N–H and O–H groups in total. The Morgan fingerprint density at radius 1 is 1.29 bits per heavy atom. The van der Waals surface area contributed by atoms with E-state index in [-0.39, 0.29) is 0 Å². The van der Waals surface area contributed by atoms with Gasteiger partial charge in [-0.25, -0.2) is 0 Å². The van der Waals surface area contributed by atoms with Crippen LogP contribution < -0.4 is 0 Å². The molecule has 1 rings (SSSR count). The Bertz CT molecular complexity index is 204. The molecule has 0 radical (unpaired) electrons. The maximum atomic E-state index is 5.62. The Labute approximate surface area is 115 Å². The molecule has 0 aromatic carbocycles. The van der Waals surface area contributed by atoms with Gasteiger partial charge in [0.05, 0.1) is 12.7 Å². The maximum Gasteiger partial charge on any atom is 0.0674 e. The number of ether oxygens (including phenoxy) is 1. The lowest BCUT2D eigenvalue weighted by molar-refractivity contribution is -0.0319. The van der Waals surface area contributed by atoms with Crippen LogP contribution in [0.4, 0.5) is 0 Å². The molecular weight excluding hydrogens is 278 g/mol. The summed E-state index contributed by atoms with van der Waals surface area (Å²) in [4.78, 5) is 2.60. The summed E-state index contributed by atoms with van der Waals surface area (Å²) in [5.41, 5.74) is 0.473. The van der Waals surface area contributed by atoms with Crippen molar-refractivity contribution in [2.45, 2.75) is 52.6 Å². The third-order valence-corrected chi connectivity index (χ3v) is 4.92. The highest BCUT2D eigenvalue weighted by Gasteiger charge is 2.31. The lowest BCUT2D eigenvalue weighted by atomic mass is 9.80. The van der Waals surface area contributed by atoms with E-state index >= 15 is 0 Å². The summed E-state index contributed by atoms with van der Waals surface area (Å²) in [5, 5.41) is 1.13. The van der Waals surface area contributed by atoms with Gasteiger partial charge in [0.2, 0.25) is 0 Å². The van der Waals surface area contributed by atoms with Gasteiger partial charge in [0.25, 0.3) is 0 Å². The molecule has 0 amide bonds. The third kappa shape index (κ3) is 4.88. The number of nitrogens with zero attached hydrogens (tertiary/aromatic N) is 1. The van der Waals surface area contributed by atoms with Crippen molar-refractivity contribution < 1.29 is 4.74 Å². The lowest BCUT2D eigenvalue weighted by Gasteiger charge is -2.40. The van der Waals surface area contributed by atoms with E-state index in [1.165, 1.54) is 32.2 Å². The fourth-order valence-electron chi connectivity index (χ4n) is 3.03. The summed E-state index contributed by atoms with van der Waals surface area (Å²) in [5.74, 6) is 0. The summed E-state index contributed by atoms with van der Waals surface area (Å²) in [6.07, 6.45) is 5.63. The molecule has 17 heavy (non-hydrogen) atoms. The van der Waals surface area contributed by atoms with Crippen molar-refractivity contribution in [3.8, 4) is 0 Å². The van der Waals surface area contributed by atoms with Gasteiger partial charge in [-0.3, -0.25) is 4.90 Å². The van der Waals surface area contributed by atoms with Crippen LogP contribution in [0, 0.1) is 5.41 Å². The fourth-order valence-corrected chi connectivity index (χ4v) is 3.77. The Morgan fingerprint density at radius 3 is 2.41 bits per heavy atom. The first-order valence-electron chi connectivity index (χ1n) is 7.05. The van der Waals surface area contributed by atoms with E-state index in [4.69, 9.17) is 4.74 Å². The molecule has 0 aromatic rings. The van der Waals surface area contributed by atoms with Crippen LogP contribution in [0.3, 0.4) is 0 Å². The van der Waals surface area contributed by atoms with Gasteiger partial charge in [-0.05, 0) is 25.2 Å². The summed E-state index contributed by atoms with van der Waals surface area (Å²) >= 11 is 3.76. The molecule has 0 aliphatic carbocycles. The van der Waals surface area contributed by atoms with Crippen LogP contribution in [0.15, 0.2) is 0 Å². The lowest BCUT2D eigenvalue weighted by Crippen LogP contribution is -2.47. The number of halogens is 1. The number of alkyl halides is 1. The first kappa shape index (κ1) is 15.5. The van der Waals surface area contributed by atoms with Crippen LogP contribution >= 0.6 is 15.9 Å². The third-order valence-electron chi connectivity index (χ3n) is 3.73. The second-order valence-corrected chi connectivity index (χ2v) is 6.11. The second kappa shape index (κ2) is 7.75. The molecule has 0 spiro atoms. The zero-order valence-electron chi connectivity index (χ0n) is 11.7. The average Bonchev–Trinajstić information content (AvgIpc) is 2.29. The van der Waals surface area contributed by atoms with Crippen molar-refractivity contribution in [1.29, 1.82) is 0 Å². The number of hydrogen-bond donors (Lipinski definition) is 0. The molecule has 0 saturated carbocycles. The highest BCUT2D eigenvalue weighted by atomic mass is 79.9. The highest BCUT2D eigenvalue weighted by Crippen LogP contribution is 2.33. The molecule has 1 saturated heterocycles. The van der Waals surface area contributed by atoms with Gasteiger partial charge < -0.3 is 4.74 Å². The Morgan fingerprint density at radius 2 is 1.94 bits per heavy atom. The van der Waals surface area contributed by atoms with Crippen molar-refractivity contribution in [2.24, 2.45) is 5.41 Å². The van der Waals surface area contributed by atoms with Gasteiger partial charge in [-0.1, -0.05) is 42.6 Å². The minimum Gasteiger partial charge on any atom is -0.376 e. The average molecular weight is 306 g/mol.